The molecule has 3 rings (SSSR count). The van der Waals surface area contributed by atoms with Crippen molar-refractivity contribution in [1.82, 2.24) is 10.2 Å². The van der Waals surface area contributed by atoms with Gasteiger partial charge in [-0.15, -0.1) is 0 Å². The lowest BCUT2D eigenvalue weighted by Gasteiger charge is -2.36. The molecule has 10 nitrogen and oxygen atoms in total. The molecule has 0 aromatic heterocycles. The van der Waals surface area contributed by atoms with Gasteiger partial charge in [0.25, 0.3) is 5.91 Å². The summed E-state index contributed by atoms with van der Waals surface area (Å²) in [5.74, 6) is 0.221. The number of likely N-dealkylation sites (tertiary alicyclic amines) is 1. The third-order valence-corrected chi connectivity index (χ3v) is 5.90. The van der Waals surface area contributed by atoms with Crippen molar-refractivity contribution < 1.29 is 34.0 Å². The smallest absolute Gasteiger partial charge is 0.411 e. The number of amides is 2. The van der Waals surface area contributed by atoms with E-state index in [-0.39, 0.29) is 17.4 Å². The van der Waals surface area contributed by atoms with Gasteiger partial charge in [0.05, 0.1) is 30.6 Å². The Labute approximate surface area is 188 Å². The zero-order chi connectivity index (χ0) is 23.1. The lowest BCUT2D eigenvalue weighted by molar-refractivity contribution is 0.0192. The second-order valence-corrected chi connectivity index (χ2v) is 8.19. The maximum atomic E-state index is 13.0. The Morgan fingerprint density at radius 2 is 2.09 bits per heavy atom. The molecule has 0 aliphatic carbocycles. The van der Waals surface area contributed by atoms with Crippen LogP contribution >= 0.6 is 0 Å². The van der Waals surface area contributed by atoms with E-state index in [1.165, 1.54) is 13.1 Å². The van der Waals surface area contributed by atoms with Gasteiger partial charge < -0.3 is 34.6 Å². The number of hydrogen-bond donors (Lipinski definition) is 3. The molecule has 1 fully saturated rings. The third kappa shape index (κ3) is 6.02. The van der Waals surface area contributed by atoms with E-state index in [0.29, 0.717) is 56.5 Å². The van der Waals surface area contributed by atoms with E-state index in [1.807, 2.05) is 0 Å². The maximum Gasteiger partial charge on any atom is 0.411 e. The number of carbonyl (C=O) groups excluding carboxylic acids is 1. The van der Waals surface area contributed by atoms with Crippen LogP contribution in [-0.2, 0) is 4.74 Å². The van der Waals surface area contributed by atoms with Crippen LogP contribution in [0, 0.1) is 5.92 Å². The fraction of sp³-hybridized carbons (Fsp3) is 0.636. The molecule has 1 saturated heterocycles. The predicted molar refractivity (Wildman–Crippen MR) is 118 cm³/mol. The number of aliphatic hydroxyl groups excluding tert-OH is 1. The molecule has 10 heteroatoms. The van der Waals surface area contributed by atoms with Gasteiger partial charge >= 0.3 is 6.09 Å². The number of ether oxygens (including phenoxy) is 3. The Bertz CT molecular complexity index is 804. The van der Waals surface area contributed by atoms with Crippen LogP contribution < -0.4 is 19.7 Å². The molecule has 1 unspecified atom stereocenters. The van der Waals surface area contributed by atoms with Crippen LogP contribution in [0.25, 0.3) is 0 Å². The number of rotatable bonds is 8. The highest BCUT2D eigenvalue weighted by Crippen LogP contribution is 2.37. The number of anilines is 1. The highest BCUT2D eigenvalue weighted by molar-refractivity contribution is 6.00. The van der Waals surface area contributed by atoms with Crippen molar-refractivity contribution >= 4 is 17.7 Å². The first-order chi connectivity index (χ1) is 15.4. The normalized spacial score (nSPS) is 21.0. The standard InChI is InChI=1S/C22H33N3O7/c1-24(22(28)29)16-11-17(20-19(12-16)31-9-4-10-32-20)21(27)23-13-15-5-7-25(14-18(15)26)6-3-8-30-2/h11-12,15,18,26H,3-10,13-14H2,1-2H3,(H,23,27)(H,28,29)/t15-,18?/m0/s1. The summed E-state index contributed by atoms with van der Waals surface area (Å²) in [5.41, 5.74) is 0.537. The van der Waals surface area contributed by atoms with Gasteiger partial charge in [-0.2, -0.15) is 0 Å². The Morgan fingerprint density at radius 3 is 2.81 bits per heavy atom. The molecule has 2 aliphatic heterocycles. The molecular formula is C22H33N3O7. The average molecular weight is 452 g/mol. The van der Waals surface area contributed by atoms with Crippen LogP contribution in [0.2, 0.25) is 0 Å². The second kappa shape index (κ2) is 11.3. The molecule has 3 N–H and O–H groups in total. The number of benzene rings is 1. The summed E-state index contributed by atoms with van der Waals surface area (Å²) < 4.78 is 16.5. The van der Waals surface area contributed by atoms with E-state index < -0.39 is 12.2 Å². The molecule has 32 heavy (non-hydrogen) atoms. The quantitative estimate of drug-likeness (QED) is 0.508. The molecule has 2 heterocycles. The van der Waals surface area contributed by atoms with E-state index in [4.69, 9.17) is 14.2 Å². The summed E-state index contributed by atoms with van der Waals surface area (Å²) in [7, 11) is 3.08. The van der Waals surface area contributed by atoms with E-state index in [0.717, 1.165) is 30.8 Å². The number of nitrogens with one attached hydrogen (secondary N) is 1. The molecular weight excluding hydrogens is 418 g/mol. The molecule has 0 radical (unpaired) electrons. The Hall–Kier alpha value is -2.56. The first kappa shape index (κ1) is 24.1. The molecule has 1 aromatic rings. The van der Waals surface area contributed by atoms with Crippen molar-refractivity contribution in [2.75, 3.05) is 65.1 Å². The van der Waals surface area contributed by atoms with Gasteiger partial charge in [0.2, 0.25) is 0 Å². The number of fused-ring (bicyclic) bond motifs is 1. The molecule has 2 atom stereocenters. The molecule has 178 valence electrons. The number of carboxylic acid groups (broad SMARTS) is 1. The van der Waals surface area contributed by atoms with Crippen LogP contribution in [0.1, 0.15) is 29.6 Å². The topological polar surface area (TPSA) is 121 Å². The number of piperidine rings is 1. The van der Waals surface area contributed by atoms with Crippen LogP contribution in [0.4, 0.5) is 10.5 Å². The maximum absolute atomic E-state index is 13.0. The van der Waals surface area contributed by atoms with Gasteiger partial charge in [-0.25, -0.2) is 4.79 Å². The van der Waals surface area contributed by atoms with Crippen molar-refractivity contribution in [3.63, 3.8) is 0 Å². The number of aliphatic hydroxyl groups is 1. The summed E-state index contributed by atoms with van der Waals surface area (Å²) in [4.78, 5) is 27.7. The van der Waals surface area contributed by atoms with Gasteiger partial charge in [0, 0.05) is 58.8 Å². The number of hydrogen-bond acceptors (Lipinski definition) is 7. The fourth-order valence-electron chi connectivity index (χ4n) is 3.97. The summed E-state index contributed by atoms with van der Waals surface area (Å²) >= 11 is 0. The number of nitrogens with zero attached hydrogens (tertiary/aromatic N) is 2. The molecule has 0 saturated carbocycles. The minimum Gasteiger partial charge on any atom is -0.489 e. The third-order valence-electron chi connectivity index (χ3n) is 5.90. The Balaban J connectivity index is 1.67. The second-order valence-electron chi connectivity index (χ2n) is 8.19. The van der Waals surface area contributed by atoms with E-state index in [1.54, 1.807) is 13.2 Å². The summed E-state index contributed by atoms with van der Waals surface area (Å²) in [5, 5.41) is 22.8. The first-order valence-corrected chi connectivity index (χ1v) is 11.0. The van der Waals surface area contributed by atoms with Crippen LogP contribution in [0.5, 0.6) is 11.5 Å². The fourth-order valence-corrected chi connectivity index (χ4v) is 3.97. The van der Waals surface area contributed by atoms with Crippen LogP contribution in [0.3, 0.4) is 0 Å². The van der Waals surface area contributed by atoms with Crippen molar-refractivity contribution in [3.05, 3.63) is 17.7 Å². The molecule has 2 aliphatic rings. The lowest BCUT2D eigenvalue weighted by Crippen LogP contribution is -2.48. The largest absolute Gasteiger partial charge is 0.489 e. The minimum atomic E-state index is -1.15. The van der Waals surface area contributed by atoms with E-state index in [9.17, 15) is 19.8 Å². The number of methoxy groups -OCH3 is 1. The summed E-state index contributed by atoms with van der Waals surface area (Å²) in [6, 6.07) is 3.06. The number of carbonyl (C=O) groups is 2. The lowest BCUT2D eigenvalue weighted by atomic mass is 9.93. The summed E-state index contributed by atoms with van der Waals surface area (Å²) in [6.45, 7) is 4.13. The Morgan fingerprint density at radius 1 is 1.31 bits per heavy atom. The first-order valence-electron chi connectivity index (χ1n) is 11.0. The molecule has 0 spiro atoms. The van der Waals surface area contributed by atoms with Gasteiger partial charge in [0.15, 0.2) is 11.5 Å². The van der Waals surface area contributed by atoms with Crippen LogP contribution in [-0.4, -0.2) is 93.4 Å². The van der Waals surface area contributed by atoms with E-state index in [2.05, 4.69) is 10.2 Å². The molecule has 2 amide bonds. The van der Waals surface area contributed by atoms with Crippen molar-refractivity contribution in [1.29, 1.82) is 0 Å². The highest BCUT2D eigenvalue weighted by Gasteiger charge is 2.29. The van der Waals surface area contributed by atoms with E-state index >= 15 is 0 Å². The monoisotopic (exact) mass is 451 g/mol. The molecule has 1 aromatic carbocycles. The zero-order valence-corrected chi connectivity index (χ0v) is 18.7. The SMILES string of the molecule is COCCCN1CC[C@@H](CNC(=O)c2cc(N(C)C(=O)O)cc3c2OCCCO3)C(O)C1. The van der Waals surface area contributed by atoms with Crippen LogP contribution in [0.15, 0.2) is 12.1 Å². The predicted octanol–water partition coefficient (Wildman–Crippen LogP) is 1.41. The Kier molecular flexibility index (Phi) is 8.54. The summed E-state index contributed by atoms with van der Waals surface area (Å²) in [6.07, 6.45) is 0.668. The van der Waals surface area contributed by atoms with Gasteiger partial charge in [-0.3, -0.25) is 9.69 Å². The van der Waals surface area contributed by atoms with Gasteiger partial charge in [0.1, 0.15) is 0 Å². The minimum absolute atomic E-state index is 0.0572. The zero-order valence-electron chi connectivity index (χ0n) is 18.7. The van der Waals surface area contributed by atoms with Gasteiger partial charge in [-0.1, -0.05) is 0 Å². The van der Waals surface area contributed by atoms with Crippen molar-refractivity contribution in [2.45, 2.75) is 25.4 Å². The molecule has 0 bridgehead atoms. The van der Waals surface area contributed by atoms with Gasteiger partial charge in [-0.05, 0) is 25.5 Å². The average Bonchev–Trinajstić information content (AvgIpc) is 3.02. The van der Waals surface area contributed by atoms with Crippen molar-refractivity contribution in [3.8, 4) is 11.5 Å². The number of β-amino-alcohol motifs (C(OH)–C–C–N with tert-alkyl or cyclic N) is 1. The van der Waals surface area contributed by atoms with Crippen molar-refractivity contribution in [2.24, 2.45) is 5.92 Å². The highest BCUT2D eigenvalue weighted by atomic mass is 16.5.